The van der Waals surface area contributed by atoms with E-state index in [1.54, 1.807) is 20.8 Å². The number of carbonyl (C=O) groups excluding carboxylic acids is 2. The van der Waals surface area contributed by atoms with Crippen molar-refractivity contribution >= 4 is 12.0 Å². The summed E-state index contributed by atoms with van der Waals surface area (Å²) in [6.07, 6.45) is -3.51. The van der Waals surface area contributed by atoms with E-state index in [2.05, 4.69) is 0 Å². The van der Waals surface area contributed by atoms with E-state index in [9.17, 15) is 22.8 Å². The molecule has 7 heteroatoms. The Bertz CT molecular complexity index is 632. The molecule has 1 aliphatic rings. The molecule has 1 heterocycles. The second-order valence-corrected chi connectivity index (χ2v) is 7.21. The molecule has 0 spiro atoms. The van der Waals surface area contributed by atoms with Gasteiger partial charge in [-0.2, -0.15) is 13.2 Å². The van der Waals surface area contributed by atoms with E-state index in [0.29, 0.717) is 31.4 Å². The zero-order valence-electron chi connectivity index (χ0n) is 14.5. The Hall–Kier alpha value is -2.05. The molecule has 1 fully saturated rings. The number of nitrogens with zero attached hydrogens (tertiary/aromatic N) is 1. The van der Waals surface area contributed by atoms with Crippen LogP contribution in [0.15, 0.2) is 24.3 Å². The number of piperidine rings is 1. The zero-order chi connectivity index (χ0) is 18.8. The van der Waals surface area contributed by atoms with E-state index >= 15 is 0 Å². The minimum atomic E-state index is -4.38. The molecule has 138 valence electrons. The summed E-state index contributed by atoms with van der Waals surface area (Å²) >= 11 is 0. The Kier molecular flexibility index (Phi) is 5.44. The van der Waals surface area contributed by atoms with E-state index in [1.807, 2.05) is 0 Å². The van der Waals surface area contributed by atoms with Crippen molar-refractivity contribution in [2.45, 2.75) is 51.8 Å². The van der Waals surface area contributed by atoms with Crippen molar-refractivity contribution in [1.29, 1.82) is 0 Å². The molecule has 0 aromatic heterocycles. The number of likely N-dealkylation sites (tertiary alicyclic amines) is 1. The van der Waals surface area contributed by atoms with Gasteiger partial charge >= 0.3 is 12.3 Å². The van der Waals surface area contributed by atoms with E-state index in [0.717, 1.165) is 17.0 Å². The highest BCUT2D eigenvalue weighted by atomic mass is 19.4. The van der Waals surface area contributed by atoms with Gasteiger partial charge in [0.05, 0.1) is 5.56 Å². The molecule has 0 N–H and O–H groups in total. The molecule has 2 amide bonds. The van der Waals surface area contributed by atoms with Gasteiger partial charge in [-0.3, -0.25) is 4.79 Å². The molecular formula is C18H22F3NO3. The molecule has 1 aliphatic heterocycles. The molecule has 1 atom stereocenters. The summed E-state index contributed by atoms with van der Waals surface area (Å²) in [4.78, 5) is 25.8. The van der Waals surface area contributed by atoms with Crippen LogP contribution in [0.5, 0.6) is 0 Å². The van der Waals surface area contributed by atoms with Crippen LogP contribution in [0.3, 0.4) is 0 Å². The van der Waals surface area contributed by atoms with Gasteiger partial charge in [-0.05, 0) is 57.7 Å². The van der Waals surface area contributed by atoms with Gasteiger partial charge in [-0.25, -0.2) is 9.69 Å². The molecule has 0 bridgehead atoms. The lowest BCUT2D eigenvalue weighted by molar-refractivity contribution is -0.138. The number of halogens is 3. The average molecular weight is 357 g/mol. The molecule has 0 aliphatic carbocycles. The maximum absolute atomic E-state index is 12.6. The third-order valence-corrected chi connectivity index (χ3v) is 3.93. The molecule has 1 saturated heterocycles. The SMILES string of the molecule is CC(C)(C)OC(=O)N1CCCC(Cc2ccc(C(F)(F)F)cc2)C1=O. The van der Waals surface area contributed by atoms with Crippen molar-refractivity contribution in [2.75, 3.05) is 6.54 Å². The first kappa shape index (κ1) is 19.3. The standard InChI is InChI=1S/C18H22F3NO3/c1-17(2,3)25-16(24)22-10-4-5-13(15(22)23)11-12-6-8-14(9-7-12)18(19,20)21/h6-9,13H,4-5,10-11H2,1-3H3. The quantitative estimate of drug-likeness (QED) is 0.787. The number of alkyl halides is 3. The zero-order valence-corrected chi connectivity index (χ0v) is 14.5. The van der Waals surface area contributed by atoms with Crippen molar-refractivity contribution in [1.82, 2.24) is 4.90 Å². The first-order valence-corrected chi connectivity index (χ1v) is 8.18. The van der Waals surface area contributed by atoms with Crippen LogP contribution in [0.4, 0.5) is 18.0 Å². The average Bonchev–Trinajstić information content (AvgIpc) is 2.47. The van der Waals surface area contributed by atoms with Gasteiger partial charge in [0.15, 0.2) is 0 Å². The summed E-state index contributed by atoms with van der Waals surface area (Å²) in [5.74, 6) is -0.765. The third-order valence-electron chi connectivity index (χ3n) is 3.93. The van der Waals surface area contributed by atoms with Crippen LogP contribution in [0.2, 0.25) is 0 Å². The summed E-state index contributed by atoms with van der Waals surface area (Å²) < 4.78 is 43.1. The highest BCUT2D eigenvalue weighted by Crippen LogP contribution is 2.30. The normalized spacial score (nSPS) is 19.0. The molecule has 1 unspecified atom stereocenters. The summed E-state index contributed by atoms with van der Waals surface area (Å²) in [5, 5.41) is 0. The number of carbonyl (C=O) groups is 2. The first-order chi connectivity index (χ1) is 11.5. The lowest BCUT2D eigenvalue weighted by Gasteiger charge is -2.32. The molecule has 1 aromatic carbocycles. The van der Waals surface area contributed by atoms with Gasteiger partial charge < -0.3 is 4.74 Å². The number of benzene rings is 1. The minimum absolute atomic E-state index is 0.302. The van der Waals surface area contributed by atoms with E-state index in [-0.39, 0.29) is 5.91 Å². The number of rotatable bonds is 2. The molecule has 4 nitrogen and oxygen atoms in total. The van der Waals surface area contributed by atoms with Gasteiger partial charge in [-0.15, -0.1) is 0 Å². The predicted octanol–water partition coefficient (Wildman–Crippen LogP) is 4.42. The second kappa shape index (κ2) is 7.06. The molecule has 1 aromatic rings. The minimum Gasteiger partial charge on any atom is -0.443 e. The fourth-order valence-corrected chi connectivity index (χ4v) is 2.75. The van der Waals surface area contributed by atoms with E-state index in [1.165, 1.54) is 12.1 Å². The summed E-state index contributed by atoms with van der Waals surface area (Å²) in [6, 6.07) is 4.77. The lowest BCUT2D eigenvalue weighted by atomic mass is 9.90. The van der Waals surface area contributed by atoms with Crippen molar-refractivity contribution in [3.63, 3.8) is 0 Å². The predicted molar refractivity (Wildman–Crippen MR) is 85.8 cm³/mol. The Labute approximate surface area is 144 Å². The Morgan fingerprint density at radius 2 is 1.80 bits per heavy atom. The number of hydrogen-bond acceptors (Lipinski definition) is 3. The molecule has 0 radical (unpaired) electrons. The number of amides is 2. The van der Waals surface area contributed by atoms with Crippen LogP contribution in [0.25, 0.3) is 0 Å². The second-order valence-electron chi connectivity index (χ2n) is 7.21. The largest absolute Gasteiger partial charge is 0.443 e. The Morgan fingerprint density at radius 1 is 1.20 bits per heavy atom. The third kappa shape index (κ3) is 5.21. The van der Waals surface area contributed by atoms with Gasteiger partial charge in [0.1, 0.15) is 5.60 Å². The van der Waals surface area contributed by atoms with Crippen molar-refractivity contribution in [3.8, 4) is 0 Å². The fourth-order valence-electron chi connectivity index (χ4n) is 2.75. The summed E-state index contributed by atoms with van der Waals surface area (Å²) in [5.41, 5.74) is -0.781. The van der Waals surface area contributed by atoms with Crippen molar-refractivity contribution < 1.29 is 27.5 Å². The Morgan fingerprint density at radius 3 is 2.32 bits per heavy atom. The monoisotopic (exact) mass is 357 g/mol. The summed E-state index contributed by atoms with van der Waals surface area (Å²) in [7, 11) is 0. The van der Waals surface area contributed by atoms with Gasteiger partial charge in [0.2, 0.25) is 5.91 Å². The van der Waals surface area contributed by atoms with Crippen LogP contribution < -0.4 is 0 Å². The molecule has 2 rings (SSSR count). The highest BCUT2D eigenvalue weighted by molar-refractivity contribution is 5.94. The molecule has 25 heavy (non-hydrogen) atoms. The number of ether oxygens (including phenoxy) is 1. The van der Waals surface area contributed by atoms with Crippen LogP contribution in [-0.2, 0) is 22.1 Å². The van der Waals surface area contributed by atoms with Gasteiger partial charge in [0.25, 0.3) is 0 Å². The van der Waals surface area contributed by atoms with Crippen molar-refractivity contribution in [3.05, 3.63) is 35.4 Å². The molecular weight excluding hydrogens is 335 g/mol. The summed E-state index contributed by atoms with van der Waals surface area (Å²) in [6.45, 7) is 5.47. The Balaban J connectivity index is 2.05. The first-order valence-electron chi connectivity index (χ1n) is 8.18. The smallest absolute Gasteiger partial charge is 0.417 e. The van der Waals surface area contributed by atoms with Crippen molar-refractivity contribution in [2.24, 2.45) is 5.92 Å². The van der Waals surface area contributed by atoms with E-state index in [4.69, 9.17) is 4.74 Å². The maximum atomic E-state index is 12.6. The van der Waals surface area contributed by atoms with Gasteiger partial charge in [0, 0.05) is 12.5 Å². The van der Waals surface area contributed by atoms with Crippen LogP contribution in [0.1, 0.15) is 44.7 Å². The molecule has 0 saturated carbocycles. The van der Waals surface area contributed by atoms with Crippen LogP contribution in [-0.4, -0.2) is 29.0 Å². The number of imide groups is 1. The maximum Gasteiger partial charge on any atom is 0.417 e. The highest BCUT2D eigenvalue weighted by Gasteiger charge is 2.35. The van der Waals surface area contributed by atoms with E-state index < -0.39 is 29.4 Å². The number of hydrogen-bond donors (Lipinski definition) is 0. The van der Waals surface area contributed by atoms with Crippen LogP contribution >= 0.6 is 0 Å². The van der Waals surface area contributed by atoms with Crippen LogP contribution in [0, 0.1) is 5.92 Å². The fraction of sp³-hybridized carbons (Fsp3) is 0.556. The topological polar surface area (TPSA) is 46.6 Å². The van der Waals surface area contributed by atoms with Gasteiger partial charge in [-0.1, -0.05) is 12.1 Å². The lowest BCUT2D eigenvalue weighted by Crippen LogP contribution is -2.47.